The third kappa shape index (κ3) is 5.32. The Morgan fingerprint density at radius 2 is 2.06 bits per heavy atom. The minimum absolute atomic E-state index is 0.0292. The Morgan fingerprint density at radius 1 is 1.38 bits per heavy atom. The number of hydrogen-bond acceptors (Lipinski definition) is 2. The van der Waals surface area contributed by atoms with E-state index in [1.54, 1.807) is 18.2 Å². The second-order valence-corrected chi connectivity index (χ2v) is 5.30. The van der Waals surface area contributed by atoms with E-state index in [2.05, 4.69) is 21.2 Å². The Bertz CT molecular complexity index is 359. The Balaban J connectivity index is 2.38. The molecule has 1 nitrogen and oxygen atoms in total. The van der Waals surface area contributed by atoms with E-state index in [1.807, 2.05) is 0 Å². The van der Waals surface area contributed by atoms with Gasteiger partial charge in [0.1, 0.15) is 0 Å². The third-order valence-electron chi connectivity index (χ3n) is 1.61. The van der Waals surface area contributed by atoms with Gasteiger partial charge in [0.15, 0.2) is 0 Å². The number of nitrogens with one attached hydrogen (secondary N) is 1. The summed E-state index contributed by atoms with van der Waals surface area (Å²) in [6.45, 7) is 0.240. The lowest BCUT2D eigenvalue weighted by Gasteiger charge is -2.09. The predicted molar refractivity (Wildman–Crippen MR) is 66.2 cm³/mol. The summed E-state index contributed by atoms with van der Waals surface area (Å²) in [5.41, 5.74) is -3.44. The first-order valence-corrected chi connectivity index (χ1v) is 6.44. The first-order chi connectivity index (χ1) is 7.38. The van der Waals surface area contributed by atoms with Gasteiger partial charge in [-0.3, -0.25) is 0 Å². The van der Waals surface area contributed by atoms with Crippen molar-refractivity contribution in [2.24, 2.45) is 0 Å². The predicted octanol–water partition coefficient (Wildman–Crippen LogP) is 4.77. The van der Waals surface area contributed by atoms with E-state index in [1.165, 1.54) is 0 Å². The number of anilines is 1. The molecule has 0 amide bonds. The highest BCUT2D eigenvalue weighted by Gasteiger charge is 2.27. The van der Waals surface area contributed by atoms with Crippen LogP contribution < -0.4 is 5.32 Å². The second-order valence-electron chi connectivity index (χ2n) is 2.85. The highest BCUT2D eigenvalue weighted by molar-refractivity contribution is 9.10. The molecule has 0 saturated carbocycles. The van der Waals surface area contributed by atoms with Gasteiger partial charge >= 0.3 is 5.51 Å². The minimum Gasteiger partial charge on any atom is -0.383 e. The summed E-state index contributed by atoms with van der Waals surface area (Å²) in [7, 11) is 0. The zero-order valence-corrected chi connectivity index (χ0v) is 11.1. The van der Waals surface area contributed by atoms with Crippen LogP contribution >= 0.6 is 39.3 Å². The molecule has 0 spiro atoms. The molecule has 1 aromatic rings. The number of alkyl halides is 3. The molecule has 0 radical (unpaired) electrons. The average Bonchev–Trinajstić information content (AvgIpc) is 2.13. The highest BCUT2D eigenvalue weighted by atomic mass is 79.9. The van der Waals surface area contributed by atoms with E-state index < -0.39 is 5.51 Å². The maximum atomic E-state index is 11.8. The van der Waals surface area contributed by atoms with Gasteiger partial charge in [0.2, 0.25) is 0 Å². The lowest BCUT2D eigenvalue weighted by molar-refractivity contribution is -0.0327. The summed E-state index contributed by atoms with van der Waals surface area (Å²) in [5.74, 6) is -0.0292. The monoisotopic (exact) mass is 333 g/mol. The Kier molecular flexibility index (Phi) is 5.27. The lowest BCUT2D eigenvalue weighted by Crippen LogP contribution is -2.09. The summed E-state index contributed by atoms with van der Waals surface area (Å²) in [6, 6.07) is 5.07. The highest BCUT2D eigenvalue weighted by Crippen LogP contribution is 2.30. The molecule has 0 atom stereocenters. The maximum Gasteiger partial charge on any atom is 0.441 e. The molecule has 0 aliphatic carbocycles. The average molecular weight is 335 g/mol. The summed E-state index contributed by atoms with van der Waals surface area (Å²) in [4.78, 5) is 0. The van der Waals surface area contributed by atoms with Crippen LogP contribution in [0.15, 0.2) is 22.7 Å². The molecule has 0 unspecified atom stereocenters. The van der Waals surface area contributed by atoms with Crippen LogP contribution in [0.2, 0.25) is 5.02 Å². The molecular weight excluding hydrogens is 327 g/mol. The molecule has 7 heteroatoms. The van der Waals surface area contributed by atoms with Crippen molar-refractivity contribution in [1.82, 2.24) is 0 Å². The van der Waals surface area contributed by atoms with Gasteiger partial charge < -0.3 is 5.32 Å². The van der Waals surface area contributed by atoms with Crippen molar-refractivity contribution < 1.29 is 13.2 Å². The smallest absolute Gasteiger partial charge is 0.383 e. The van der Waals surface area contributed by atoms with Crippen LogP contribution in [0.4, 0.5) is 18.9 Å². The van der Waals surface area contributed by atoms with Crippen molar-refractivity contribution in [3.05, 3.63) is 27.7 Å². The van der Waals surface area contributed by atoms with Gasteiger partial charge in [-0.25, -0.2) is 0 Å². The Morgan fingerprint density at radius 3 is 2.62 bits per heavy atom. The van der Waals surface area contributed by atoms with E-state index >= 15 is 0 Å². The molecule has 0 saturated heterocycles. The molecular formula is C9H8BrClF3NS. The van der Waals surface area contributed by atoms with Crippen molar-refractivity contribution in [1.29, 1.82) is 0 Å². The molecule has 0 aromatic heterocycles. The second kappa shape index (κ2) is 6.02. The first-order valence-electron chi connectivity index (χ1n) is 4.28. The van der Waals surface area contributed by atoms with Crippen molar-refractivity contribution in [3.63, 3.8) is 0 Å². The maximum absolute atomic E-state index is 11.8. The van der Waals surface area contributed by atoms with Crippen molar-refractivity contribution >= 4 is 45.0 Å². The molecule has 0 fully saturated rings. The minimum atomic E-state index is -4.17. The van der Waals surface area contributed by atoms with Crippen LogP contribution in [0, 0.1) is 0 Å². The topological polar surface area (TPSA) is 12.0 Å². The molecule has 90 valence electrons. The van der Waals surface area contributed by atoms with E-state index in [4.69, 9.17) is 11.6 Å². The van der Waals surface area contributed by atoms with Crippen LogP contribution in [-0.4, -0.2) is 17.8 Å². The lowest BCUT2D eigenvalue weighted by atomic mass is 10.3. The van der Waals surface area contributed by atoms with Crippen LogP contribution in [0.25, 0.3) is 0 Å². The van der Waals surface area contributed by atoms with Gasteiger partial charge in [0, 0.05) is 27.5 Å². The van der Waals surface area contributed by atoms with Gasteiger partial charge in [-0.15, -0.1) is 0 Å². The number of hydrogen-bond donors (Lipinski definition) is 1. The van der Waals surface area contributed by atoms with Gasteiger partial charge in [-0.05, 0) is 45.9 Å². The fourth-order valence-corrected chi connectivity index (χ4v) is 2.24. The van der Waals surface area contributed by atoms with Gasteiger partial charge in [0.25, 0.3) is 0 Å². The first kappa shape index (κ1) is 14.0. The number of benzene rings is 1. The quantitative estimate of drug-likeness (QED) is 0.796. The third-order valence-corrected chi connectivity index (χ3v) is 3.24. The molecule has 0 bridgehead atoms. The summed E-state index contributed by atoms with van der Waals surface area (Å²) in [6.07, 6.45) is 0. The number of halogens is 5. The van der Waals surface area contributed by atoms with Gasteiger partial charge in [-0.1, -0.05) is 11.6 Å². The van der Waals surface area contributed by atoms with Crippen LogP contribution in [0.3, 0.4) is 0 Å². The fourth-order valence-electron chi connectivity index (χ4n) is 0.985. The zero-order chi connectivity index (χ0) is 12.2. The standard InChI is InChI=1S/C9H8BrClF3NS/c10-7-5-6(11)1-2-8(7)15-3-4-16-9(12,13)14/h1-2,5,15H,3-4H2. The Labute approximate surface area is 109 Å². The number of rotatable bonds is 4. The summed E-state index contributed by atoms with van der Waals surface area (Å²) in [5, 5.41) is 3.46. The van der Waals surface area contributed by atoms with E-state index in [-0.39, 0.29) is 24.1 Å². The van der Waals surface area contributed by atoms with Gasteiger partial charge in [0.05, 0.1) is 0 Å². The zero-order valence-electron chi connectivity index (χ0n) is 7.94. The summed E-state index contributed by atoms with van der Waals surface area (Å²) < 4.78 is 36.2. The molecule has 1 rings (SSSR count). The summed E-state index contributed by atoms with van der Waals surface area (Å²) >= 11 is 8.95. The molecule has 1 N–H and O–H groups in total. The molecule has 0 heterocycles. The molecule has 16 heavy (non-hydrogen) atoms. The fraction of sp³-hybridized carbons (Fsp3) is 0.333. The van der Waals surface area contributed by atoms with Crippen LogP contribution in [-0.2, 0) is 0 Å². The normalized spacial score (nSPS) is 11.6. The van der Waals surface area contributed by atoms with Crippen molar-refractivity contribution in [3.8, 4) is 0 Å². The van der Waals surface area contributed by atoms with Crippen LogP contribution in [0.5, 0.6) is 0 Å². The molecule has 0 aliphatic rings. The number of thioether (sulfide) groups is 1. The molecule has 0 aliphatic heterocycles. The Hall–Kier alpha value is -0.0700. The van der Waals surface area contributed by atoms with Crippen LogP contribution in [0.1, 0.15) is 0 Å². The van der Waals surface area contributed by atoms with E-state index in [0.717, 1.165) is 10.2 Å². The SMILES string of the molecule is FC(F)(F)SCCNc1ccc(Cl)cc1Br. The molecule has 1 aromatic carbocycles. The van der Waals surface area contributed by atoms with E-state index in [9.17, 15) is 13.2 Å². The van der Waals surface area contributed by atoms with Crippen molar-refractivity contribution in [2.45, 2.75) is 5.51 Å². The van der Waals surface area contributed by atoms with Gasteiger partial charge in [-0.2, -0.15) is 13.2 Å². The van der Waals surface area contributed by atoms with E-state index in [0.29, 0.717) is 5.02 Å². The largest absolute Gasteiger partial charge is 0.441 e. The van der Waals surface area contributed by atoms with Crippen molar-refractivity contribution in [2.75, 3.05) is 17.6 Å².